The maximum Gasteiger partial charge on any atom is 0.161 e. The zero-order valence-electron chi connectivity index (χ0n) is 21.9. The fourth-order valence-corrected chi connectivity index (χ4v) is 5.60. The number of nitrogens with one attached hydrogen (secondary N) is 3. The number of aromatic amines is 2. The van der Waals surface area contributed by atoms with E-state index in [0.717, 1.165) is 25.7 Å². The first-order valence-corrected chi connectivity index (χ1v) is 13.6. The van der Waals surface area contributed by atoms with Crippen molar-refractivity contribution in [3.8, 4) is 34.0 Å². The van der Waals surface area contributed by atoms with Crippen molar-refractivity contribution < 1.29 is 13.9 Å². The predicted molar refractivity (Wildman–Crippen MR) is 152 cm³/mol. The van der Waals surface area contributed by atoms with Gasteiger partial charge in [-0.3, -0.25) is 20.1 Å². The molecule has 4 N–H and O–H groups in total. The van der Waals surface area contributed by atoms with Gasteiger partial charge in [-0.2, -0.15) is 5.10 Å². The normalized spacial score (nSPS) is 15.0. The van der Waals surface area contributed by atoms with Crippen LogP contribution in [0.1, 0.15) is 32.1 Å². The molecule has 11 heteroatoms. The Bertz CT molecular complexity index is 1860. The maximum absolute atomic E-state index is 16.1. The quantitative estimate of drug-likeness (QED) is 0.181. The molecule has 0 saturated heterocycles. The van der Waals surface area contributed by atoms with Gasteiger partial charge in [-0.25, -0.2) is 13.8 Å². The third-order valence-corrected chi connectivity index (χ3v) is 7.71. The lowest BCUT2D eigenvalue weighted by atomic mass is 9.88. The highest BCUT2D eigenvalue weighted by atomic mass is 19.1. The molecule has 0 spiro atoms. The molecule has 1 aliphatic rings. The number of nitrogens with zero attached hydrogens (tertiary/aromatic N) is 5. The van der Waals surface area contributed by atoms with E-state index < -0.39 is 12.0 Å². The molecule has 1 unspecified atom stereocenters. The molecule has 41 heavy (non-hydrogen) atoms. The van der Waals surface area contributed by atoms with Crippen LogP contribution in [0.4, 0.5) is 14.5 Å². The summed E-state index contributed by atoms with van der Waals surface area (Å²) < 4.78 is 29.6. The van der Waals surface area contributed by atoms with Crippen LogP contribution in [0.2, 0.25) is 0 Å². The number of aromatic nitrogens is 7. The van der Waals surface area contributed by atoms with Crippen molar-refractivity contribution in [2.75, 3.05) is 5.32 Å². The Morgan fingerprint density at radius 1 is 0.878 bits per heavy atom. The summed E-state index contributed by atoms with van der Waals surface area (Å²) in [6.07, 6.45) is 11.0. The van der Waals surface area contributed by atoms with E-state index in [1.807, 2.05) is 0 Å². The summed E-state index contributed by atoms with van der Waals surface area (Å²) in [5, 5.41) is 21.3. The molecule has 1 aliphatic carbocycles. The molecular formula is C30H26F2N8O. The molecular weight excluding hydrogens is 526 g/mol. The minimum atomic E-state index is -0.699. The smallest absolute Gasteiger partial charge is 0.161 e. The van der Waals surface area contributed by atoms with Gasteiger partial charge in [-0.05, 0) is 49.2 Å². The van der Waals surface area contributed by atoms with Crippen molar-refractivity contribution in [1.82, 2.24) is 35.1 Å². The minimum Gasteiger partial charge on any atom is -0.374 e. The fraction of sp³-hybridized carbons (Fsp3) is 0.233. The number of hydrogen-bond acceptors (Lipinski definition) is 7. The van der Waals surface area contributed by atoms with Crippen LogP contribution >= 0.6 is 0 Å². The van der Waals surface area contributed by atoms with Crippen LogP contribution in [0.5, 0.6) is 0 Å². The number of pyridine rings is 3. The summed E-state index contributed by atoms with van der Waals surface area (Å²) in [6.45, 7) is 0. The molecule has 7 rings (SSSR count). The minimum absolute atomic E-state index is 0.105. The second-order valence-corrected chi connectivity index (χ2v) is 10.4. The number of imidazole rings is 1. The number of anilines is 1. The van der Waals surface area contributed by atoms with Gasteiger partial charge in [-0.15, -0.1) is 0 Å². The molecule has 6 aromatic rings. The Kier molecular flexibility index (Phi) is 6.35. The topological polar surface area (TPSA) is 128 Å². The van der Waals surface area contributed by atoms with Crippen molar-refractivity contribution in [1.29, 1.82) is 0 Å². The Balaban J connectivity index is 1.25. The Labute approximate surface area is 233 Å². The SMILES string of the molecule is OC(Nc1cncc(-c2ncc3[nH]nc(-c4nc5c(-c6ccc(F)cc6)nccc5[nH]4)c3c2F)c1)C1CCCCC1. The second kappa shape index (κ2) is 10.3. The monoisotopic (exact) mass is 552 g/mol. The number of aliphatic hydroxyl groups is 1. The lowest BCUT2D eigenvalue weighted by Crippen LogP contribution is -2.30. The molecule has 0 bridgehead atoms. The van der Waals surface area contributed by atoms with Gasteiger partial charge in [0.05, 0.1) is 40.2 Å². The third-order valence-electron chi connectivity index (χ3n) is 7.71. The van der Waals surface area contributed by atoms with Gasteiger partial charge in [0.1, 0.15) is 28.9 Å². The molecule has 1 atom stereocenters. The van der Waals surface area contributed by atoms with Crippen LogP contribution in [-0.4, -0.2) is 46.5 Å². The summed E-state index contributed by atoms with van der Waals surface area (Å²) in [6, 6.07) is 9.51. The molecule has 0 radical (unpaired) electrons. The van der Waals surface area contributed by atoms with Crippen LogP contribution in [0.15, 0.2) is 61.2 Å². The molecule has 1 saturated carbocycles. The van der Waals surface area contributed by atoms with Gasteiger partial charge in [-0.1, -0.05) is 19.3 Å². The summed E-state index contributed by atoms with van der Waals surface area (Å²) in [5.41, 5.74) is 4.36. The number of halogens is 2. The van der Waals surface area contributed by atoms with Gasteiger partial charge in [0.25, 0.3) is 0 Å². The Morgan fingerprint density at radius 3 is 2.54 bits per heavy atom. The molecule has 0 amide bonds. The van der Waals surface area contributed by atoms with Crippen LogP contribution in [0.25, 0.3) is 56.0 Å². The van der Waals surface area contributed by atoms with Gasteiger partial charge in [0.2, 0.25) is 0 Å². The first kappa shape index (κ1) is 25.2. The van der Waals surface area contributed by atoms with Crippen LogP contribution in [0, 0.1) is 17.6 Å². The van der Waals surface area contributed by atoms with Gasteiger partial charge in [0, 0.05) is 29.4 Å². The number of rotatable bonds is 6. The van der Waals surface area contributed by atoms with Crippen LogP contribution < -0.4 is 5.32 Å². The van der Waals surface area contributed by atoms with E-state index in [2.05, 4.69) is 35.5 Å². The molecule has 1 fully saturated rings. The van der Waals surface area contributed by atoms with Gasteiger partial charge in [0.15, 0.2) is 11.6 Å². The average Bonchev–Trinajstić information content (AvgIpc) is 3.63. The number of benzene rings is 1. The van der Waals surface area contributed by atoms with E-state index in [1.54, 1.807) is 36.7 Å². The highest BCUT2D eigenvalue weighted by molar-refractivity contribution is 5.97. The van der Waals surface area contributed by atoms with E-state index in [9.17, 15) is 9.50 Å². The van der Waals surface area contributed by atoms with Gasteiger partial charge < -0.3 is 15.4 Å². The number of aliphatic hydroxyl groups excluding tert-OH is 1. The van der Waals surface area contributed by atoms with E-state index >= 15 is 4.39 Å². The molecule has 1 aromatic carbocycles. The summed E-state index contributed by atoms with van der Waals surface area (Å²) >= 11 is 0. The number of H-pyrrole nitrogens is 2. The van der Waals surface area contributed by atoms with Crippen molar-refractivity contribution >= 4 is 27.6 Å². The summed E-state index contributed by atoms with van der Waals surface area (Å²) in [5.74, 6) is -0.392. The number of fused-ring (bicyclic) bond motifs is 2. The molecule has 206 valence electrons. The zero-order valence-corrected chi connectivity index (χ0v) is 21.9. The van der Waals surface area contributed by atoms with Gasteiger partial charge >= 0.3 is 0 Å². The molecule has 5 heterocycles. The zero-order chi connectivity index (χ0) is 27.9. The first-order chi connectivity index (χ1) is 20.0. The highest BCUT2D eigenvalue weighted by Crippen LogP contribution is 2.35. The van der Waals surface area contributed by atoms with E-state index in [1.165, 1.54) is 30.9 Å². The van der Waals surface area contributed by atoms with Crippen molar-refractivity contribution in [2.24, 2.45) is 5.92 Å². The lowest BCUT2D eigenvalue weighted by molar-refractivity contribution is 0.109. The van der Waals surface area contributed by atoms with Crippen molar-refractivity contribution in [2.45, 2.75) is 38.3 Å². The highest BCUT2D eigenvalue weighted by Gasteiger charge is 2.23. The predicted octanol–water partition coefficient (Wildman–Crippen LogP) is 6.21. The average molecular weight is 553 g/mol. The van der Waals surface area contributed by atoms with Crippen molar-refractivity contribution in [3.05, 3.63) is 72.8 Å². The Morgan fingerprint density at radius 2 is 1.71 bits per heavy atom. The maximum atomic E-state index is 16.1. The number of hydrogen-bond donors (Lipinski definition) is 4. The fourth-order valence-electron chi connectivity index (χ4n) is 5.60. The van der Waals surface area contributed by atoms with Crippen LogP contribution in [-0.2, 0) is 0 Å². The second-order valence-electron chi connectivity index (χ2n) is 10.4. The van der Waals surface area contributed by atoms with E-state index in [-0.39, 0.29) is 28.5 Å². The largest absolute Gasteiger partial charge is 0.374 e. The summed E-state index contributed by atoms with van der Waals surface area (Å²) in [7, 11) is 0. The lowest BCUT2D eigenvalue weighted by Gasteiger charge is -2.27. The van der Waals surface area contributed by atoms with E-state index in [4.69, 9.17) is 4.98 Å². The first-order valence-electron chi connectivity index (χ1n) is 13.6. The molecule has 5 aromatic heterocycles. The van der Waals surface area contributed by atoms with Crippen LogP contribution in [0.3, 0.4) is 0 Å². The van der Waals surface area contributed by atoms with Crippen molar-refractivity contribution in [3.63, 3.8) is 0 Å². The molecule has 9 nitrogen and oxygen atoms in total. The molecule has 0 aliphatic heterocycles. The third kappa shape index (κ3) is 4.67. The summed E-state index contributed by atoms with van der Waals surface area (Å²) in [4.78, 5) is 21.0. The standard InChI is InChI=1S/C30H26F2N8O/c31-19-8-6-16(7-9-19)26-27-21(10-11-34-26)37-29(38-27)28-23-22(39-40-28)15-35-25(24(23)32)18-12-20(14-33-13-18)36-30(41)17-4-2-1-3-5-17/h6-15,17,30,36,41H,1-5H2,(H,37,38)(H,39,40). The van der Waals surface area contributed by atoms with E-state index in [0.29, 0.717) is 44.9 Å². The Hall–Kier alpha value is -4.77.